The van der Waals surface area contributed by atoms with E-state index in [9.17, 15) is 9.59 Å². The fourth-order valence-electron chi connectivity index (χ4n) is 4.60. The lowest BCUT2D eigenvalue weighted by Gasteiger charge is -2.39. The highest BCUT2D eigenvalue weighted by Gasteiger charge is 2.43. The lowest BCUT2D eigenvalue weighted by atomic mass is 9.68. The lowest BCUT2D eigenvalue weighted by molar-refractivity contribution is -0.140. The Morgan fingerprint density at radius 3 is 2.21 bits per heavy atom. The van der Waals surface area contributed by atoms with Gasteiger partial charge in [-0.3, -0.25) is 4.79 Å². The summed E-state index contributed by atoms with van der Waals surface area (Å²) < 4.78 is 27.0. The van der Waals surface area contributed by atoms with Crippen LogP contribution >= 0.6 is 0 Å². The number of carbonyl (C=O) groups excluding carboxylic acids is 2. The van der Waals surface area contributed by atoms with E-state index < -0.39 is 11.9 Å². The number of nitrogens with one attached hydrogen (secondary N) is 1. The molecule has 1 heterocycles. The molecular formula is C25H33NO7. The summed E-state index contributed by atoms with van der Waals surface area (Å²) in [6.45, 7) is 6.35. The van der Waals surface area contributed by atoms with Crippen molar-refractivity contribution in [1.29, 1.82) is 0 Å². The van der Waals surface area contributed by atoms with Crippen LogP contribution in [0.5, 0.6) is 17.2 Å². The van der Waals surface area contributed by atoms with Crippen molar-refractivity contribution in [2.75, 3.05) is 41.7 Å². The minimum absolute atomic E-state index is 0.00203. The van der Waals surface area contributed by atoms with E-state index in [1.807, 2.05) is 6.92 Å². The van der Waals surface area contributed by atoms with Gasteiger partial charge < -0.3 is 29.0 Å². The monoisotopic (exact) mass is 459 g/mol. The maximum absolute atomic E-state index is 13.4. The highest BCUT2D eigenvalue weighted by molar-refractivity contribution is 6.04. The Labute approximate surface area is 194 Å². The molecular weight excluding hydrogens is 426 g/mol. The third-order valence-corrected chi connectivity index (χ3v) is 6.00. The summed E-state index contributed by atoms with van der Waals surface area (Å²) in [5, 5.41) is 3.32. The molecule has 0 saturated carbocycles. The molecule has 8 nitrogen and oxygen atoms in total. The molecule has 1 atom stereocenters. The largest absolute Gasteiger partial charge is 0.493 e. The van der Waals surface area contributed by atoms with Crippen LogP contribution in [0.4, 0.5) is 0 Å². The highest BCUT2D eigenvalue weighted by Crippen LogP contribution is 2.49. The van der Waals surface area contributed by atoms with Gasteiger partial charge in [0.15, 0.2) is 17.3 Å². The second-order valence-electron chi connectivity index (χ2n) is 9.02. The van der Waals surface area contributed by atoms with Crippen LogP contribution < -0.4 is 19.5 Å². The first-order valence-electron chi connectivity index (χ1n) is 10.9. The number of allylic oxidation sites excluding steroid dienone is 3. The number of dihydropyridines is 1. The van der Waals surface area contributed by atoms with Gasteiger partial charge in [0.1, 0.15) is 6.61 Å². The number of rotatable bonds is 8. The average molecular weight is 460 g/mol. The Hall–Kier alpha value is -3.00. The standard InChI is InChI=1S/C25H33NO7/c1-14-20(24(28)33-9-8-29-4)21(22-16(26-14)12-25(2,3)13-17(22)27)15-10-18(30-5)23(32-7)19(11-15)31-6/h10-11,21,26H,8-9,12-13H2,1-7H3/t21-/m1/s1. The number of ether oxygens (including phenoxy) is 5. The third kappa shape index (κ3) is 4.85. The summed E-state index contributed by atoms with van der Waals surface area (Å²) in [6.07, 6.45) is 1.08. The van der Waals surface area contributed by atoms with E-state index in [2.05, 4.69) is 19.2 Å². The number of ketones is 1. The molecule has 180 valence electrons. The van der Waals surface area contributed by atoms with Crippen molar-refractivity contribution in [3.05, 3.63) is 40.2 Å². The Morgan fingerprint density at radius 2 is 1.67 bits per heavy atom. The second-order valence-corrected chi connectivity index (χ2v) is 9.02. The van der Waals surface area contributed by atoms with Crippen molar-refractivity contribution in [3.8, 4) is 17.2 Å². The van der Waals surface area contributed by atoms with Gasteiger partial charge in [-0.1, -0.05) is 13.8 Å². The Balaban J connectivity index is 2.21. The molecule has 1 aliphatic carbocycles. The van der Waals surface area contributed by atoms with Gasteiger partial charge in [0.25, 0.3) is 0 Å². The Kier molecular flexibility index (Phi) is 7.37. The third-order valence-electron chi connectivity index (χ3n) is 6.00. The van der Waals surface area contributed by atoms with E-state index in [0.717, 1.165) is 5.70 Å². The van der Waals surface area contributed by atoms with Crippen LogP contribution in [0, 0.1) is 5.41 Å². The molecule has 0 saturated heterocycles. The first kappa shape index (κ1) is 24.6. The summed E-state index contributed by atoms with van der Waals surface area (Å²) in [5.74, 6) is 0.199. The molecule has 0 unspecified atom stereocenters. The molecule has 0 aromatic heterocycles. The molecule has 1 N–H and O–H groups in total. The molecule has 0 fully saturated rings. The molecule has 2 aliphatic rings. The van der Waals surface area contributed by atoms with Crippen molar-refractivity contribution >= 4 is 11.8 Å². The van der Waals surface area contributed by atoms with Crippen LogP contribution in [0.1, 0.15) is 45.1 Å². The van der Waals surface area contributed by atoms with E-state index >= 15 is 0 Å². The number of esters is 1. The summed E-state index contributed by atoms with van der Waals surface area (Å²) >= 11 is 0. The second kappa shape index (κ2) is 9.87. The summed E-state index contributed by atoms with van der Waals surface area (Å²) in [5.41, 5.74) is 2.95. The molecule has 3 rings (SSSR count). The van der Waals surface area contributed by atoms with Crippen LogP contribution in [-0.2, 0) is 19.1 Å². The quantitative estimate of drug-likeness (QED) is 0.466. The lowest BCUT2D eigenvalue weighted by Crippen LogP contribution is -2.38. The highest BCUT2D eigenvalue weighted by atomic mass is 16.6. The summed E-state index contributed by atoms with van der Waals surface area (Å²) in [6, 6.07) is 3.56. The van der Waals surface area contributed by atoms with Gasteiger partial charge in [0.05, 0.1) is 33.5 Å². The number of benzene rings is 1. The number of hydrogen-bond donors (Lipinski definition) is 1. The van der Waals surface area contributed by atoms with Crippen molar-refractivity contribution in [2.45, 2.75) is 39.5 Å². The maximum Gasteiger partial charge on any atom is 0.336 e. The Morgan fingerprint density at radius 1 is 1.03 bits per heavy atom. The van der Waals surface area contributed by atoms with Crippen molar-refractivity contribution in [2.24, 2.45) is 5.41 Å². The zero-order valence-corrected chi connectivity index (χ0v) is 20.4. The van der Waals surface area contributed by atoms with E-state index in [1.165, 1.54) is 21.3 Å². The maximum atomic E-state index is 13.4. The predicted octanol–water partition coefficient (Wildman–Crippen LogP) is 3.51. The minimum atomic E-state index is -0.631. The fraction of sp³-hybridized carbons (Fsp3) is 0.520. The average Bonchev–Trinajstić information content (AvgIpc) is 2.76. The van der Waals surface area contributed by atoms with Gasteiger partial charge in [-0.2, -0.15) is 0 Å². The van der Waals surface area contributed by atoms with E-state index in [-0.39, 0.29) is 24.4 Å². The smallest absolute Gasteiger partial charge is 0.336 e. The van der Waals surface area contributed by atoms with Crippen molar-refractivity contribution in [1.82, 2.24) is 5.32 Å². The SMILES string of the molecule is COCCOC(=O)C1=C(C)NC2=C(C(=O)CC(C)(C)C2)[C@@H]1c1cc(OC)c(OC)c(OC)c1. The van der Waals surface area contributed by atoms with E-state index in [1.54, 1.807) is 19.2 Å². The van der Waals surface area contributed by atoms with Crippen molar-refractivity contribution < 1.29 is 33.3 Å². The van der Waals surface area contributed by atoms with Gasteiger partial charge >= 0.3 is 5.97 Å². The number of hydrogen-bond acceptors (Lipinski definition) is 8. The normalized spacial score (nSPS) is 19.6. The topological polar surface area (TPSA) is 92.3 Å². The van der Waals surface area contributed by atoms with Gasteiger partial charge in [-0.25, -0.2) is 4.79 Å². The van der Waals surface area contributed by atoms with Gasteiger partial charge in [-0.15, -0.1) is 0 Å². The predicted molar refractivity (Wildman–Crippen MR) is 123 cm³/mol. The molecule has 0 spiro atoms. The van der Waals surface area contributed by atoms with Gasteiger partial charge in [0.2, 0.25) is 5.75 Å². The molecule has 8 heteroatoms. The van der Waals surface area contributed by atoms with Crippen LogP contribution in [-0.4, -0.2) is 53.4 Å². The fourth-order valence-corrected chi connectivity index (χ4v) is 4.60. The van der Waals surface area contributed by atoms with E-state index in [4.69, 9.17) is 23.7 Å². The molecule has 1 aliphatic heterocycles. The number of Topliss-reactive ketones (excluding diaryl/α,β-unsaturated/α-hetero) is 1. The molecule has 1 aromatic carbocycles. The molecule has 0 radical (unpaired) electrons. The summed E-state index contributed by atoms with van der Waals surface area (Å²) in [7, 11) is 6.13. The zero-order chi connectivity index (χ0) is 24.3. The number of methoxy groups -OCH3 is 4. The van der Waals surface area contributed by atoms with Gasteiger partial charge in [0, 0.05) is 36.4 Å². The van der Waals surface area contributed by atoms with E-state index in [0.29, 0.717) is 52.5 Å². The molecule has 0 amide bonds. The zero-order valence-electron chi connectivity index (χ0n) is 20.4. The van der Waals surface area contributed by atoms with Crippen LogP contribution in [0.2, 0.25) is 0 Å². The van der Waals surface area contributed by atoms with Gasteiger partial charge in [-0.05, 0) is 36.5 Å². The molecule has 33 heavy (non-hydrogen) atoms. The van der Waals surface area contributed by atoms with Crippen molar-refractivity contribution in [3.63, 3.8) is 0 Å². The first-order chi connectivity index (χ1) is 15.7. The minimum Gasteiger partial charge on any atom is -0.493 e. The first-order valence-corrected chi connectivity index (χ1v) is 10.9. The van der Waals surface area contributed by atoms with Crippen LogP contribution in [0.15, 0.2) is 34.7 Å². The van der Waals surface area contributed by atoms with Crippen LogP contribution in [0.3, 0.4) is 0 Å². The molecule has 0 bridgehead atoms. The Bertz CT molecular complexity index is 981. The number of carbonyl (C=O) groups is 2. The van der Waals surface area contributed by atoms with Crippen LogP contribution in [0.25, 0.3) is 0 Å². The molecule has 1 aromatic rings. The summed E-state index contributed by atoms with van der Waals surface area (Å²) in [4.78, 5) is 26.6.